The van der Waals surface area contributed by atoms with Crippen molar-refractivity contribution in [2.24, 2.45) is 0 Å². The molecule has 1 aliphatic rings. The van der Waals surface area contributed by atoms with E-state index in [2.05, 4.69) is 69.3 Å². The second kappa shape index (κ2) is 13.6. The average molecular weight is 627 g/mol. The highest BCUT2D eigenvalue weighted by Gasteiger charge is 2.50. The second-order valence-corrected chi connectivity index (χ2v) is 17.0. The number of phenols is 2. The zero-order valence-corrected chi connectivity index (χ0v) is 27.3. The topological polar surface area (TPSA) is 105 Å². The van der Waals surface area contributed by atoms with Crippen molar-refractivity contribution >= 4 is 24.5 Å². The van der Waals surface area contributed by atoms with Gasteiger partial charge in [0.25, 0.3) is 8.32 Å². The Hall–Kier alpha value is -3.95. The summed E-state index contributed by atoms with van der Waals surface area (Å²) in [5.41, 5.74) is 2.30. The van der Waals surface area contributed by atoms with Gasteiger partial charge in [-0.3, -0.25) is 4.79 Å². The maximum atomic E-state index is 12.8. The molecule has 2 atom stereocenters. The Labute approximate surface area is 266 Å². The highest BCUT2D eigenvalue weighted by Crippen LogP contribution is 2.43. The molecule has 236 valence electrons. The maximum absolute atomic E-state index is 12.8. The van der Waals surface area contributed by atoms with Crippen LogP contribution in [0.15, 0.2) is 91.0 Å². The van der Waals surface area contributed by atoms with Crippen molar-refractivity contribution in [3.63, 3.8) is 0 Å². The molecule has 4 aromatic carbocycles. The number of hydrogen-bond donors (Lipinski definition) is 3. The van der Waals surface area contributed by atoms with E-state index in [0.717, 1.165) is 5.56 Å². The molecule has 0 aliphatic carbocycles. The number of benzene rings is 4. The molecule has 2 unspecified atom stereocenters. The first-order valence-electron chi connectivity index (χ1n) is 15.3. The lowest BCUT2D eigenvalue weighted by Crippen LogP contribution is -2.67. The van der Waals surface area contributed by atoms with Crippen LogP contribution < -0.4 is 15.1 Å². The molecule has 1 aliphatic heterocycles. The summed E-state index contributed by atoms with van der Waals surface area (Å²) >= 11 is 0. The highest BCUT2D eigenvalue weighted by molar-refractivity contribution is 6.99. The van der Waals surface area contributed by atoms with E-state index in [1.807, 2.05) is 12.1 Å². The Balaban J connectivity index is 1.39. The molecule has 8 heteroatoms. The van der Waals surface area contributed by atoms with Crippen molar-refractivity contribution in [2.45, 2.75) is 63.9 Å². The number of hydrogen-bond acceptors (Lipinski definition) is 7. The number of methoxy groups -OCH3 is 1. The number of ether oxygens (including phenoxy) is 2. The number of rotatable bonds is 11. The Morgan fingerprint density at radius 1 is 0.956 bits per heavy atom. The predicted molar refractivity (Wildman–Crippen MR) is 177 cm³/mol. The van der Waals surface area contributed by atoms with E-state index in [0.29, 0.717) is 24.2 Å². The van der Waals surface area contributed by atoms with Crippen molar-refractivity contribution in [1.29, 1.82) is 0 Å². The molecular formula is C37H42O7Si. The van der Waals surface area contributed by atoms with Crippen LogP contribution in [0.5, 0.6) is 17.2 Å². The fourth-order valence-electron chi connectivity index (χ4n) is 6.44. The Kier molecular flexibility index (Phi) is 9.79. The van der Waals surface area contributed by atoms with Crippen molar-refractivity contribution in [1.82, 2.24) is 0 Å². The van der Waals surface area contributed by atoms with Gasteiger partial charge in [-0.05, 0) is 33.1 Å². The van der Waals surface area contributed by atoms with Crippen LogP contribution in [-0.4, -0.2) is 49.2 Å². The van der Waals surface area contributed by atoms with Crippen molar-refractivity contribution in [3.05, 3.63) is 113 Å². The molecule has 4 aromatic rings. The summed E-state index contributed by atoms with van der Waals surface area (Å²) in [5.74, 6) is -0.198. The standard InChI is InChI=1S/C37H42O7Si/c1-37(2,3)45(29-14-7-5-8-15-29,30-16-9-6-10-17-30)44-23-28-20-26-21-31(35(41)36(42-4)32(26)24-43-28)34(40)22-27(38)19-25-13-11-12-18-33(25)39/h5-18,21,28,34,39-41H,19-20,22-24H2,1-4H3. The summed E-state index contributed by atoms with van der Waals surface area (Å²) in [7, 11) is -1.31. The minimum absolute atomic E-state index is 0.0257. The first kappa shape index (κ1) is 32.4. The number of phenolic OH excluding ortho intramolecular Hbond substituents is 2. The van der Waals surface area contributed by atoms with E-state index in [9.17, 15) is 20.1 Å². The maximum Gasteiger partial charge on any atom is 0.261 e. The van der Waals surface area contributed by atoms with Gasteiger partial charge in [0.2, 0.25) is 0 Å². The van der Waals surface area contributed by atoms with Crippen molar-refractivity contribution < 1.29 is 34.0 Å². The van der Waals surface area contributed by atoms with Gasteiger partial charge in [-0.25, -0.2) is 0 Å². The highest BCUT2D eigenvalue weighted by atomic mass is 28.4. The lowest BCUT2D eigenvalue weighted by molar-refractivity contribution is -0.120. The normalized spacial score (nSPS) is 15.7. The fraction of sp³-hybridized carbons (Fsp3) is 0.324. The molecule has 45 heavy (non-hydrogen) atoms. The van der Waals surface area contributed by atoms with E-state index in [-0.39, 0.29) is 59.2 Å². The second-order valence-electron chi connectivity index (χ2n) is 12.7. The van der Waals surface area contributed by atoms with E-state index >= 15 is 0 Å². The summed E-state index contributed by atoms with van der Waals surface area (Å²) in [5, 5.41) is 34.4. The zero-order chi connectivity index (χ0) is 32.2. The largest absolute Gasteiger partial charge is 0.508 e. The van der Waals surface area contributed by atoms with Gasteiger partial charge in [0.1, 0.15) is 11.5 Å². The van der Waals surface area contributed by atoms with E-state index in [1.165, 1.54) is 23.5 Å². The van der Waals surface area contributed by atoms with Gasteiger partial charge in [0.05, 0.1) is 32.5 Å². The molecule has 0 bridgehead atoms. The first-order chi connectivity index (χ1) is 21.5. The van der Waals surface area contributed by atoms with Gasteiger partial charge >= 0.3 is 0 Å². The molecule has 0 saturated heterocycles. The van der Waals surface area contributed by atoms with Gasteiger partial charge < -0.3 is 29.2 Å². The fourth-order valence-corrected chi connectivity index (χ4v) is 11.0. The molecule has 0 spiro atoms. The minimum atomic E-state index is -2.78. The molecule has 1 heterocycles. The van der Waals surface area contributed by atoms with Crippen LogP contribution in [0, 0.1) is 0 Å². The third-order valence-corrected chi connectivity index (χ3v) is 13.7. The third-order valence-electron chi connectivity index (χ3n) is 8.66. The quantitative estimate of drug-likeness (QED) is 0.193. The SMILES string of the molecule is COc1c(O)c(C(O)CC(=O)Cc2ccccc2O)cc2c1COC(CO[Si](c1ccccc1)(c1ccccc1)C(C)(C)C)C2. The minimum Gasteiger partial charge on any atom is -0.508 e. The molecule has 3 N–H and O–H groups in total. The number of para-hydroxylation sites is 1. The van der Waals surface area contributed by atoms with Crippen molar-refractivity contribution in [3.8, 4) is 17.2 Å². The number of ketones is 1. The summed E-state index contributed by atoms with van der Waals surface area (Å²) in [6.45, 7) is 7.27. The summed E-state index contributed by atoms with van der Waals surface area (Å²) < 4.78 is 19.0. The molecule has 0 saturated carbocycles. The molecular weight excluding hydrogens is 584 g/mol. The summed E-state index contributed by atoms with van der Waals surface area (Å²) in [6.07, 6.45) is -1.29. The average Bonchev–Trinajstić information content (AvgIpc) is 3.02. The first-order valence-corrected chi connectivity index (χ1v) is 17.2. The Morgan fingerprint density at radius 2 is 1.56 bits per heavy atom. The van der Waals surface area contributed by atoms with Crippen molar-refractivity contribution in [2.75, 3.05) is 13.7 Å². The van der Waals surface area contributed by atoms with Crippen LogP contribution >= 0.6 is 0 Å². The molecule has 0 radical (unpaired) electrons. The lowest BCUT2D eigenvalue weighted by Gasteiger charge is -2.44. The van der Waals surface area contributed by atoms with Gasteiger partial charge in [0.15, 0.2) is 11.5 Å². The van der Waals surface area contributed by atoms with Gasteiger partial charge in [-0.15, -0.1) is 0 Å². The lowest BCUT2D eigenvalue weighted by atomic mass is 9.91. The number of aliphatic hydroxyl groups is 1. The van der Waals surface area contributed by atoms with Crippen LogP contribution in [0.4, 0.5) is 0 Å². The van der Waals surface area contributed by atoms with E-state index in [1.54, 1.807) is 24.3 Å². The molecule has 0 aromatic heterocycles. The van der Waals surface area contributed by atoms with Crippen LogP contribution in [0.3, 0.4) is 0 Å². The smallest absolute Gasteiger partial charge is 0.261 e. The number of Topliss-reactive ketones (excluding diaryl/α,β-unsaturated/α-hetero) is 1. The third kappa shape index (κ3) is 6.70. The number of fused-ring (bicyclic) bond motifs is 1. The Bertz CT molecular complexity index is 1580. The Morgan fingerprint density at radius 3 is 2.13 bits per heavy atom. The number of carbonyl (C=O) groups is 1. The predicted octanol–water partition coefficient (Wildman–Crippen LogP) is 5.36. The monoisotopic (exact) mass is 626 g/mol. The summed E-state index contributed by atoms with van der Waals surface area (Å²) in [4.78, 5) is 12.8. The molecule has 0 fully saturated rings. The van der Waals surface area contributed by atoms with Gasteiger partial charge in [-0.1, -0.05) is 99.6 Å². The van der Waals surface area contributed by atoms with Crippen LogP contribution in [0.1, 0.15) is 55.5 Å². The summed E-state index contributed by atoms with van der Waals surface area (Å²) in [6, 6.07) is 29.3. The van der Waals surface area contributed by atoms with Crippen LogP contribution in [-0.2, 0) is 33.4 Å². The van der Waals surface area contributed by atoms with Crippen LogP contribution in [0.25, 0.3) is 0 Å². The number of aromatic hydroxyl groups is 2. The van der Waals surface area contributed by atoms with Gasteiger partial charge in [-0.2, -0.15) is 0 Å². The molecule has 0 amide bonds. The van der Waals surface area contributed by atoms with Gasteiger partial charge in [0, 0.05) is 36.0 Å². The van der Waals surface area contributed by atoms with Crippen LogP contribution in [0.2, 0.25) is 5.04 Å². The number of aliphatic hydroxyl groups excluding tert-OH is 1. The molecule has 5 rings (SSSR count). The number of carbonyl (C=O) groups excluding carboxylic acids is 1. The van der Waals surface area contributed by atoms with E-state index < -0.39 is 14.4 Å². The molecule has 7 nitrogen and oxygen atoms in total. The zero-order valence-electron chi connectivity index (χ0n) is 26.3. The van der Waals surface area contributed by atoms with E-state index in [4.69, 9.17) is 13.9 Å².